The molecule has 0 fully saturated rings. The summed E-state index contributed by atoms with van der Waals surface area (Å²) in [5, 5.41) is 14.1. The van der Waals surface area contributed by atoms with Gasteiger partial charge in [-0.25, -0.2) is 0 Å². The fraction of sp³-hybridized carbons (Fsp3) is 0.273. The molecule has 1 heterocycles. The van der Waals surface area contributed by atoms with Crippen molar-refractivity contribution in [2.45, 2.75) is 39.7 Å². The Bertz CT molecular complexity index is 1040. The maximum absolute atomic E-state index is 9.39. The number of ether oxygens (including phenoxy) is 1. The van der Waals surface area contributed by atoms with Crippen molar-refractivity contribution in [1.29, 1.82) is 5.26 Å². The normalized spacial score (nSPS) is 10.2. The number of aryl methyl sites for hydroxylation is 1. The topological polar surface area (TPSA) is 89.0 Å². The van der Waals surface area contributed by atoms with E-state index < -0.39 is 0 Å². The fourth-order valence-corrected chi connectivity index (χ4v) is 3.08. The van der Waals surface area contributed by atoms with E-state index in [9.17, 15) is 5.26 Å². The third kappa shape index (κ3) is 5.85. The Morgan fingerprint density at radius 1 is 1.33 bits per heavy atom. The Morgan fingerprint density at radius 3 is 2.70 bits per heavy atom. The van der Waals surface area contributed by atoms with Crippen LogP contribution < -0.4 is 4.74 Å². The summed E-state index contributed by atoms with van der Waals surface area (Å²) in [5.74, 6) is 1.29. The van der Waals surface area contributed by atoms with Crippen LogP contribution in [0.25, 0.3) is 22.8 Å². The van der Waals surface area contributed by atoms with E-state index >= 15 is 0 Å². The second-order valence-electron chi connectivity index (χ2n) is 6.55. The van der Waals surface area contributed by atoms with Gasteiger partial charge < -0.3 is 9.26 Å². The highest BCUT2D eigenvalue weighted by Crippen LogP contribution is 2.32. The number of carbonyl (C=O) groups excluding carboxylic acids is 1. The van der Waals surface area contributed by atoms with Crippen molar-refractivity contribution >= 4 is 29.8 Å². The smallest absolute Gasteiger partial charge is 0.258 e. The standard InChI is InChI=1S/C21H20ClN3O2.CH2OS/c1-4-6-14-7-5-8-17(19(14)22)20-24-21(27-25-20)15-9-10-18(26-13(2)3)16(11-15)12-23;2-1-3/h5,7-11,13H,4,6H2,1-3H3;1H,(H,2,3). The van der Waals surface area contributed by atoms with Gasteiger partial charge in [0.15, 0.2) is 5.62 Å². The molecule has 0 spiro atoms. The van der Waals surface area contributed by atoms with E-state index in [-0.39, 0.29) is 6.10 Å². The van der Waals surface area contributed by atoms with Crippen molar-refractivity contribution in [3.05, 3.63) is 52.5 Å². The molecule has 0 N–H and O–H groups in total. The average Bonchev–Trinajstić information content (AvgIpc) is 3.20. The first-order valence-corrected chi connectivity index (χ1v) is 10.2. The highest BCUT2D eigenvalue weighted by molar-refractivity contribution is 7.94. The van der Waals surface area contributed by atoms with E-state index in [0.717, 1.165) is 24.0 Å². The number of hydrogen-bond acceptors (Lipinski definition) is 6. The van der Waals surface area contributed by atoms with Gasteiger partial charge >= 0.3 is 0 Å². The Labute approximate surface area is 186 Å². The molecule has 8 heteroatoms. The van der Waals surface area contributed by atoms with Gasteiger partial charge in [-0.2, -0.15) is 10.2 Å². The Kier molecular flexibility index (Phi) is 8.90. The molecular weight excluding hydrogens is 422 g/mol. The molecule has 6 nitrogen and oxygen atoms in total. The van der Waals surface area contributed by atoms with Crippen LogP contribution in [-0.4, -0.2) is 21.9 Å². The number of rotatable bonds is 6. The molecule has 2 aromatic carbocycles. The SMILES string of the molecule is CCCc1cccc(-c2noc(-c3ccc(OC(C)C)c(C#N)c3)n2)c1Cl.O=CS. The fourth-order valence-electron chi connectivity index (χ4n) is 2.77. The molecule has 30 heavy (non-hydrogen) atoms. The predicted molar refractivity (Wildman–Crippen MR) is 120 cm³/mol. The van der Waals surface area contributed by atoms with E-state index in [0.29, 0.717) is 39.2 Å². The van der Waals surface area contributed by atoms with Gasteiger partial charge in [-0.15, -0.1) is 12.6 Å². The molecule has 3 rings (SSSR count). The van der Waals surface area contributed by atoms with Crippen LogP contribution in [0.1, 0.15) is 38.3 Å². The van der Waals surface area contributed by atoms with E-state index in [4.69, 9.17) is 25.7 Å². The van der Waals surface area contributed by atoms with Gasteiger partial charge in [-0.1, -0.05) is 42.2 Å². The average molecular weight is 444 g/mol. The maximum Gasteiger partial charge on any atom is 0.258 e. The monoisotopic (exact) mass is 443 g/mol. The molecule has 0 aliphatic rings. The Balaban J connectivity index is 0.00000101. The number of halogens is 1. The van der Waals surface area contributed by atoms with Crippen molar-refractivity contribution in [3.63, 3.8) is 0 Å². The summed E-state index contributed by atoms with van der Waals surface area (Å²) in [5.41, 5.74) is 3.31. The largest absolute Gasteiger partial charge is 0.490 e. The summed E-state index contributed by atoms with van der Waals surface area (Å²) >= 11 is 9.62. The number of benzene rings is 2. The van der Waals surface area contributed by atoms with Crippen LogP contribution in [-0.2, 0) is 11.2 Å². The van der Waals surface area contributed by atoms with Crippen LogP contribution in [0.3, 0.4) is 0 Å². The van der Waals surface area contributed by atoms with E-state index in [2.05, 4.69) is 35.8 Å². The molecule has 0 atom stereocenters. The minimum atomic E-state index is -0.0181. The van der Waals surface area contributed by atoms with Gasteiger partial charge in [-0.05, 0) is 50.1 Å². The van der Waals surface area contributed by atoms with Gasteiger partial charge in [0.1, 0.15) is 11.8 Å². The lowest BCUT2D eigenvalue weighted by molar-refractivity contribution is 0.241. The number of hydrogen-bond donors (Lipinski definition) is 1. The number of nitriles is 1. The summed E-state index contributed by atoms with van der Waals surface area (Å²) in [6, 6.07) is 13.2. The number of carbonyl (C=O) groups is 1. The van der Waals surface area contributed by atoms with Crippen molar-refractivity contribution in [2.75, 3.05) is 0 Å². The molecule has 0 saturated heterocycles. The summed E-state index contributed by atoms with van der Waals surface area (Å²) in [7, 11) is 0. The van der Waals surface area contributed by atoms with Gasteiger partial charge in [0.2, 0.25) is 5.82 Å². The van der Waals surface area contributed by atoms with Crippen LogP contribution in [0, 0.1) is 11.3 Å². The molecule has 0 bridgehead atoms. The lowest BCUT2D eigenvalue weighted by atomic mass is 10.1. The minimum absolute atomic E-state index is 0.0181. The summed E-state index contributed by atoms with van der Waals surface area (Å²) < 4.78 is 11.1. The quantitative estimate of drug-likeness (QED) is 0.384. The van der Waals surface area contributed by atoms with Gasteiger partial charge in [0, 0.05) is 11.1 Å². The minimum Gasteiger partial charge on any atom is -0.490 e. The molecule has 1 aromatic heterocycles. The summed E-state index contributed by atoms with van der Waals surface area (Å²) in [6.45, 7) is 5.93. The predicted octanol–water partition coefficient (Wildman–Crippen LogP) is 5.77. The van der Waals surface area contributed by atoms with Crippen molar-refractivity contribution < 1.29 is 14.1 Å². The zero-order valence-electron chi connectivity index (χ0n) is 16.9. The van der Waals surface area contributed by atoms with E-state index in [1.54, 1.807) is 18.2 Å². The molecule has 0 aliphatic heterocycles. The van der Waals surface area contributed by atoms with Crippen molar-refractivity contribution in [3.8, 4) is 34.7 Å². The second kappa shape index (κ2) is 11.4. The Morgan fingerprint density at radius 2 is 2.07 bits per heavy atom. The first-order valence-electron chi connectivity index (χ1n) is 9.35. The highest BCUT2D eigenvalue weighted by Gasteiger charge is 2.16. The molecule has 0 amide bonds. The zero-order chi connectivity index (χ0) is 22.1. The van der Waals surface area contributed by atoms with Crippen molar-refractivity contribution in [1.82, 2.24) is 10.1 Å². The highest BCUT2D eigenvalue weighted by atomic mass is 35.5. The zero-order valence-corrected chi connectivity index (χ0v) is 18.6. The molecule has 0 saturated carbocycles. The van der Waals surface area contributed by atoms with Gasteiger partial charge in [0.25, 0.3) is 5.89 Å². The molecule has 156 valence electrons. The van der Waals surface area contributed by atoms with Crippen LogP contribution in [0.15, 0.2) is 40.9 Å². The summed E-state index contributed by atoms with van der Waals surface area (Å²) in [6.07, 6.45) is 1.87. The first kappa shape index (κ1) is 23.5. The summed E-state index contributed by atoms with van der Waals surface area (Å²) in [4.78, 5) is 13.1. The third-order valence-corrected chi connectivity index (χ3v) is 4.42. The lowest BCUT2D eigenvalue weighted by Gasteiger charge is -2.11. The van der Waals surface area contributed by atoms with Crippen LogP contribution in [0.2, 0.25) is 5.02 Å². The Hall–Kier alpha value is -2.82. The molecule has 0 radical (unpaired) electrons. The van der Waals surface area contributed by atoms with Crippen LogP contribution in [0.4, 0.5) is 0 Å². The molecule has 3 aromatic rings. The lowest BCUT2D eigenvalue weighted by Crippen LogP contribution is -2.06. The van der Waals surface area contributed by atoms with Gasteiger partial charge in [-0.3, -0.25) is 4.79 Å². The molecule has 0 aliphatic carbocycles. The van der Waals surface area contributed by atoms with E-state index in [1.807, 2.05) is 32.0 Å². The first-order chi connectivity index (χ1) is 14.4. The maximum atomic E-state index is 9.39. The second-order valence-corrected chi connectivity index (χ2v) is 7.14. The number of aromatic nitrogens is 2. The van der Waals surface area contributed by atoms with Crippen LogP contribution >= 0.6 is 24.2 Å². The van der Waals surface area contributed by atoms with Crippen molar-refractivity contribution in [2.24, 2.45) is 0 Å². The van der Waals surface area contributed by atoms with Crippen LogP contribution in [0.5, 0.6) is 5.75 Å². The van der Waals surface area contributed by atoms with Gasteiger partial charge in [0.05, 0.1) is 16.7 Å². The molecule has 0 unspecified atom stereocenters. The number of nitrogens with zero attached hydrogens (tertiary/aromatic N) is 3. The van der Waals surface area contributed by atoms with E-state index in [1.165, 1.54) is 0 Å². The third-order valence-electron chi connectivity index (χ3n) is 3.97. The molecular formula is C22H22ClN3O3S. The number of thiol groups is 1.